The van der Waals surface area contributed by atoms with E-state index in [0.717, 1.165) is 0 Å². The van der Waals surface area contributed by atoms with Gasteiger partial charge in [0.2, 0.25) is 0 Å². The first-order valence-electron chi connectivity index (χ1n) is 4.59. The van der Waals surface area contributed by atoms with Crippen molar-refractivity contribution in [3.63, 3.8) is 0 Å². The third-order valence-corrected chi connectivity index (χ3v) is 2.04. The van der Waals surface area contributed by atoms with E-state index in [-0.39, 0.29) is 0 Å². The first-order chi connectivity index (χ1) is 6.59. The number of carboxylic acid groups (broad SMARTS) is 1. The van der Waals surface area contributed by atoms with Gasteiger partial charge in [-0.2, -0.15) is 0 Å². The average Bonchev–Trinajstić information content (AvgIpc) is 2.16. The summed E-state index contributed by atoms with van der Waals surface area (Å²) in [6.45, 7) is 3.90. The molecular weight excluding hydrogens is 186 g/mol. The van der Waals surface area contributed by atoms with E-state index in [0.29, 0.717) is 26.4 Å². The second kappa shape index (κ2) is 7.73. The first-order valence-corrected chi connectivity index (χ1v) is 4.59. The number of methoxy groups -OCH3 is 1. The van der Waals surface area contributed by atoms with Gasteiger partial charge in [-0.05, 0) is 14.0 Å². The molecule has 0 bridgehead atoms. The van der Waals surface area contributed by atoms with Crippen molar-refractivity contribution in [2.75, 3.05) is 40.5 Å². The number of aliphatic carboxylic acids is 1. The minimum Gasteiger partial charge on any atom is -0.480 e. The quantitative estimate of drug-likeness (QED) is 0.568. The topological polar surface area (TPSA) is 59.0 Å². The summed E-state index contributed by atoms with van der Waals surface area (Å²) >= 11 is 0. The van der Waals surface area contributed by atoms with Crippen LogP contribution in [0.1, 0.15) is 6.92 Å². The summed E-state index contributed by atoms with van der Waals surface area (Å²) in [5, 5.41) is 8.69. The van der Waals surface area contributed by atoms with Gasteiger partial charge in [-0.3, -0.25) is 9.69 Å². The van der Waals surface area contributed by atoms with Gasteiger partial charge in [0.1, 0.15) is 6.04 Å². The van der Waals surface area contributed by atoms with Gasteiger partial charge in [0, 0.05) is 13.7 Å². The summed E-state index contributed by atoms with van der Waals surface area (Å²) in [5.41, 5.74) is 0. The van der Waals surface area contributed by atoms with Crippen molar-refractivity contribution in [2.24, 2.45) is 0 Å². The molecule has 0 heterocycles. The fourth-order valence-electron chi connectivity index (χ4n) is 0.835. The Morgan fingerprint density at radius 1 is 1.43 bits per heavy atom. The highest BCUT2D eigenvalue weighted by Crippen LogP contribution is 1.94. The largest absolute Gasteiger partial charge is 0.480 e. The SMILES string of the molecule is COCCOCCN(C)C(C)C(=O)O. The lowest BCUT2D eigenvalue weighted by Gasteiger charge is -2.20. The average molecular weight is 205 g/mol. The fraction of sp³-hybridized carbons (Fsp3) is 0.889. The predicted octanol–water partition coefficient (Wildman–Crippen LogP) is 0.0543. The number of likely N-dealkylation sites (N-methyl/N-ethyl adjacent to an activating group) is 1. The van der Waals surface area contributed by atoms with Crippen molar-refractivity contribution in [3.05, 3.63) is 0 Å². The minimum absolute atomic E-state index is 0.471. The zero-order valence-corrected chi connectivity index (χ0v) is 9.02. The summed E-state index contributed by atoms with van der Waals surface area (Å²) in [7, 11) is 3.38. The summed E-state index contributed by atoms with van der Waals surface area (Å²) in [6.07, 6.45) is 0. The number of carbonyl (C=O) groups is 1. The molecular formula is C9H19NO4. The molecule has 84 valence electrons. The molecule has 1 atom stereocenters. The Balaban J connectivity index is 3.43. The minimum atomic E-state index is -0.815. The molecule has 5 heteroatoms. The third kappa shape index (κ3) is 5.90. The van der Waals surface area contributed by atoms with Gasteiger partial charge in [0.05, 0.1) is 19.8 Å². The van der Waals surface area contributed by atoms with Gasteiger partial charge in [0.15, 0.2) is 0 Å². The van der Waals surface area contributed by atoms with Crippen LogP contribution < -0.4 is 0 Å². The summed E-state index contributed by atoms with van der Waals surface area (Å²) in [5.74, 6) is -0.815. The first kappa shape index (κ1) is 13.4. The molecule has 0 rings (SSSR count). The maximum Gasteiger partial charge on any atom is 0.320 e. The Morgan fingerprint density at radius 2 is 2.07 bits per heavy atom. The number of rotatable bonds is 8. The van der Waals surface area contributed by atoms with E-state index in [9.17, 15) is 4.79 Å². The summed E-state index contributed by atoms with van der Waals surface area (Å²) in [4.78, 5) is 12.3. The number of ether oxygens (including phenoxy) is 2. The standard InChI is InChI=1S/C9H19NO4/c1-8(9(11)12)10(2)4-5-14-7-6-13-3/h8H,4-7H2,1-3H3,(H,11,12). The van der Waals surface area contributed by atoms with Crippen LogP contribution in [0.5, 0.6) is 0 Å². The van der Waals surface area contributed by atoms with Crippen LogP contribution in [0.2, 0.25) is 0 Å². The van der Waals surface area contributed by atoms with Gasteiger partial charge < -0.3 is 14.6 Å². The molecule has 0 aromatic rings. The molecule has 0 spiro atoms. The maximum absolute atomic E-state index is 10.6. The van der Waals surface area contributed by atoms with E-state index < -0.39 is 12.0 Å². The van der Waals surface area contributed by atoms with Crippen LogP contribution in [0.15, 0.2) is 0 Å². The van der Waals surface area contributed by atoms with Crippen molar-refractivity contribution in [1.29, 1.82) is 0 Å². The van der Waals surface area contributed by atoms with E-state index in [4.69, 9.17) is 14.6 Å². The van der Waals surface area contributed by atoms with Crippen molar-refractivity contribution in [3.8, 4) is 0 Å². The maximum atomic E-state index is 10.6. The second-order valence-corrected chi connectivity index (χ2v) is 3.10. The van der Waals surface area contributed by atoms with Gasteiger partial charge in [-0.1, -0.05) is 0 Å². The Hall–Kier alpha value is -0.650. The van der Waals surface area contributed by atoms with Gasteiger partial charge in [-0.25, -0.2) is 0 Å². The molecule has 5 nitrogen and oxygen atoms in total. The predicted molar refractivity (Wildman–Crippen MR) is 52.4 cm³/mol. The molecule has 0 aliphatic carbocycles. The Morgan fingerprint density at radius 3 is 2.57 bits per heavy atom. The van der Waals surface area contributed by atoms with Crippen LogP contribution in [0.25, 0.3) is 0 Å². The van der Waals surface area contributed by atoms with Gasteiger partial charge in [0.25, 0.3) is 0 Å². The molecule has 0 aliphatic rings. The summed E-state index contributed by atoms with van der Waals surface area (Å²) < 4.78 is 10.0. The van der Waals surface area contributed by atoms with E-state index in [1.807, 2.05) is 0 Å². The van der Waals surface area contributed by atoms with Crippen molar-refractivity contribution < 1.29 is 19.4 Å². The van der Waals surface area contributed by atoms with Crippen LogP contribution in [-0.4, -0.2) is 62.5 Å². The Labute approximate surface area is 84.6 Å². The molecule has 0 aromatic carbocycles. The smallest absolute Gasteiger partial charge is 0.320 e. The van der Waals surface area contributed by atoms with Crippen LogP contribution in [-0.2, 0) is 14.3 Å². The lowest BCUT2D eigenvalue weighted by atomic mass is 10.3. The number of carboxylic acids is 1. The molecule has 0 saturated carbocycles. The van der Waals surface area contributed by atoms with Crippen molar-refractivity contribution in [1.82, 2.24) is 4.90 Å². The van der Waals surface area contributed by atoms with Crippen LogP contribution in [0.4, 0.5) is 0 Å². The fourth-order valence-corrected chi connectivity index (χ4v) is 0.835. The van der Waals surface area contributed by atoms with Crippen LogP contribution >= 0.6 is 0 Å². The zero-order valence-electron chi connectivity index (χ0n) is 9.02. The second-order valence-electron chi connectivity index (χ2n) is 3.10. The van der Waals surface area contributed by atoms with Gasteiger partial charge >= 0.3 is 5.97 Å². The van der Waals surface area contributed by atoms with Crippen molar-refractivity contribution in [2.45, 2.75) is 13.0 Å². The number of nitrogens with zero attached hydrogens (tertiary/aromatic N) is 1. The number of hydrogen-bond acceptors (Lipinski definition) is 4. The highest BCUT2D eigenvalue weighted by molar-refractivity contribution is 5.72. The lowest BCUT2D eigenvalue weighted by Crippen LogP contribution is -2.37. The third-order valence-electron chi connectivity index (χ3n) is 2.04. The molecule has 14 heavy (non-hydrogen) atoms. The van der Waals surface area contributed by atoms with E-state index in [1.54, 1.807) is 26.0 Å². The highest BCUT2D eigenvalue weighted by Gasteiger charge is 2.15. The number of hydrogen-bond donors (Lipinski definition) is 1. The Kier molecular flexibility index (Phi) is 7.37. The van der Waals surface area contributed by atoms with Crippen molar-refractivity contribution >= 4 is 5.97 Å². The Bertz CT molecular complexity index is 163. The zero-order chi connectivity index (χ0) is 11.0. The lowest BCUT2D eigenvalue weighted by molar-refractivity contribution is -0.142. The molecule has 0 aliphatic heterocycles. The van der Waals surface area contributed by atoms with Crippen LogP contribution in [0, 0.1) is 0 Å². The summed E-state index contributed by atoms with van der Waals surface area (Å²) in [6, 6.07) is -0.471. The van der Waals surface area contributed by atoms with E-state index in [2.05, 4.69) is 0 Å². The van der Waals surface area contributed by atoms with Crippen LogP contribution in [0.3, 0.4) is 0 Å². The molecule has 0 saturated heterocycles. The highest BCUT2D eigenvalue weighted by atomic mass is 16.5. The monoisotopic (exact) mass is 205 g/mol. The van der Waals surface area contributed by atoms with Gasteiger partial charge in [-0.15, -0.1) is 0 Å². The molecule has 0 fully saturated rings. The molecule has 0 radical (unpaired) electrons. The molecule has 1 N–H and O–H groups in total. The van der Waals surface area contributed by atoms with E-state index >= 15 is 0 Å². The molecule has 0 aromatic heterocycles. The van der Waals surface area contributed by atoms with E-state index in [1.165, 1.54) is 0 Å². The molecule has 0 amide bonds. The molecule has 1 unspecified atom stereocenters. The normalized spacial score (nSPS) is 13.1.